The summed E-state index contributed by atoms with van der Waals surface area (Å²) >= 11 is 1.30. The average molecular weight is 268 g/mol. The van der Waals surface area contributed by atoms with Crippen molar-refractivity contribution in [2.24, 2.45) is 5.73 Å². The van der Waals surface area contributed by atoms with Crippen LogP contribution in [0.25, 0.3) is 0 Å². The number of hydrogen-bond acceptors (Lipinski definition) is 3. The molecule has 0 unspecified atom stereocenters. The summed E-state index contributed by atoms with van der Waals surface area (Å²) in [6.07, 6.45) is 0. The van der Waals surface area contributed by atoms with Gasteiger partial charge in [-0.05, 0) is 18.2 Å². The van der Waals surface area contributed by atoms with Crippen molar-refractivity contribution in [2.75, 3.05) is 5.32 Å². The molecular weight excluding hydrogens is 258 g/mol. The van der Waals surface area contributed by atoms with E-state index in [0.717, 1.165) is 4.88 Å². The van der Waals surface area contributed by atoms with Crippen molar-refractivity contribution in [3.8, 4) is 0 Å². The standard InChI is InChI=1S/C12H10F2N2OS/c13-9-2-1-3-10(14)11(9)16-5-8-4-7(6-18-8)12(15)17/h1-4,6,16H,5H2,(H2,15,17). The average Bonchev–Trinajstić information content (AvgIpc) is 2.77. The minimum absolute atomic E-state index is 0.175. The largest absolute Gasteiger partial charge is 0.375 e. The molecule has 1 aromatic heterocycles. The highest BCUT2D eigenvalue weighted by molar-refractivity contribution is 7.10. The maximum absolute atomic E-state index is 13.3. The van der Waals surface area contributed by atoms with Crippen molar-refractivity contribution in [3.05, 3.63) is 51.7 Å². The molecule has 94 valence electrons. The number of benzene rings is 1. The summed E-state index contributed by atoms with van der Waals surface area (Å²) in [7, 11) is 0. The van der Waals surface area contributed by atoms with E-state index in [0.29, 0.717) is 5.56 Å². The molecule has 0 aliphatic carbocycles. The van der Waals surface area contributed by atoms with E-state index in [-0.39, 0.29) is 12.2 Å². The lowest BCUT2D eigenvalue weighted by atomic mass is 10.2. The van der Waals surface area contributed by atoms with Gasteiger partial charge in [0.2, 0.25) is 5.91 Å². The fourth-order valence-corrected chi connectivity index (χ4v) is 2.26. The van der Waals surface area contributed by atoms with Gasteiger partial charge in [-0.3, -0.25) is 4.79 Å². The van der Waals surface area contributed by atoms with Gasteiger partial charge in [-0.15, -0.1) is 11.3 Å². The molecule has 1 aromatic carbocycles. The Bertz CT molecular complexity index is 563. The van der Waals surface area contributed by atoms with Gasteiger partial charge in [0.25, 0.3) is 0 Å². The van der Waals surface area contributed by atoms with E-state index in [9.17, 15) is 13.6 Å². The summed E-state index contributed by atoms with van der Waals surface area (Å²) < 4.78 is 26.6. The van der Waals surface area contributed by atoms with Gasteiger partial charge in [0.05, 0.1) is 5.56 Å². The molecule has 0 aliphatic rings. The van der Waals surface area contributed by atoms with E-state index in [4.69, 9.17) is 5.73 Å². The zero-order chi connectivity index (χ0) is 13.1. The molecule has 0 spiro atoms. The summed E-state index contributed by atoms with van der Waals surface area (Å²) in [5, 5.41) is 4.27. The van der Waals surface area contributed by atoms with Crippen molar-refractivity contribution in [3.63, 3.8) is 0 Å². The number of para-hydroxylation sites is 1. The second-order valence-electron chi connectivity index (χ2n) is 3.62. The number of hydrogen-bond donors (Lipinski definition) is 2. The number of nitrogens with two attached hydrogens (primary N) is 1. The third-order valence-electron chi connectivity index (χ3n) is 2.34. The van der Waals surface area contributed by atoms with Crippen molar-refractivity contribution in [2.45, 2.75) is 6.54 Å². The first-order valence-electron chi connectivity index (χ1n) is 5.13. The van der Waals surface area contributed by atoms with Crippen molar-refractivity contribution in [1.82, 2.24) is 0 Å². The molecule has 6 heteroatoms. The predicted molar refractivity (Wildman–Crippen MR) is 66.5 cm³/mol. The van der Waals surface area contributed by atoms with Crippen LogP contribution in [-0.2, 0) is 6.54 Å². The van der Waals surface area contributed by atoms with Crippen LogP contribution in [0.4, 0.5) is 14.5 Å². The van der Waals surface area contributed by atoms with Crippen LogP contribution in [0.3, 0.4) is 0 Å². The van der Waals surface area contributed by atoms with Gasteiger partial charge in [0.1, 0.15) is 17.3 Å². The maximum Gasteiger partial charge on any atom is 0.249 e. The number of amides is 1. The Hall–Kier alpha value is -1.95. The number of rotatable bonds is 4. The van der Waals surface area contributed by atoms with E-state index < -0.39 is 17.5 Å². The monoisotopic (exact) mass is 268 g/mol. The number of primary amides is 1. The van der Waals surface area contributed by atoms with Crippen molar-refractivity contribution >= 4 is 22.9 Å². The van der Waals surface area contributed by atoms with Crippen LogP contribution in [0.15, 0.2) is 29.6 Å². The molecule has 2 rings (SSSR count). The third kappa shape index (κ3) is 2.65. The lowest BCUT2D eigenvalue weighted by molar-refractivity contribution is 0.100. The number of nitrogens with one attached hydrogen (secondary N) is 1. The minimum atomic E-state index is -0.651. The molecule has 3 N–H and O–H groups in total. The second-order valence-corrected chi connectivity index (χ2v) is 4.61. The molecule has 0 saturated heterocycles. The maximum atomic E-state index is 13.3. The Morgan fingerprint density at radius 2 is 2.00 bits per heavy atom. The number of carbonyl (C=O) groups is 1. The molecule has 0 atom stereocenters. The van der Waals surface area contributed by atoms with Crippen LogP contribution in [0.5, 0.6) is 0 Å². The second kappa shape index (κ2) is 5.14. The minimum Gasteiger partial charge on any atom is -0.375 e. The highest BCUT2D eigenvalue weighted by Gasteiger charge is 2.09. The Labute approximate surface area is 106 Å². The molecule has 1 amide bonds. The van der Waals surface area contributed by atoms with Crippen molar-refractivity contribution < 1.29 is 13.6 Å². The molecule has 0 bridgehead atoms. The number of halogens is 2. The van der Waals surface area contributed by atoms with Gasteiger partial charge in [0.15, 0.2) is 0 Å². The number of anilines is 1. The van der Waals surface area contributed by atoms with Gasteiger partial charge in [-0.2, -0.15) is 0 Å². The van der Waals surface area contributed by atoms with Crippen LogP contribution in [0, 0.1) is 11.6 Å². The van der Waals surface area contributed by atoms with E-state index in [1.807, 2.05) is 0 Å². The van der Waals surface area contributed by atoms with E-state index in [1.54, 1.807) is 11.4 Å². The number of thiophene rings is 1. The van der Waals surface area contributed by atoms with Crippen molar-refractivity contribution in [1.29, 1.82) is 0 Å². The highest BCUT2D eigenvalue weighted by Crippen LogP contribution is 2.21. The third-order valence-corrected chi connectivity index (χ3v) is 3.28. The lowest BCUT2D eigenvalue weighted by Gasteiger charge is -2.06. The fraction of sp³-hybridized carbons (Fsp3) is 0.0833. The molecule has 0 aliphatic heterocycles. The Morgan fingerprint density at radius 3 is 2.56 bits per heavy atom. The van der Waals surface area contributed by atoms with Gasteiger partial charge in [-0.1, -0.05) is 6.07 Å². The van der Waals surface area contributed by atoms with Gasteiger partial charge in [0, 0.05) is 16.8 Å². The lowest BCUT2D eigenvalue weighted by Crippen LogP contribution is -2.09. The van der Waals surface area contributed by atoms with Gasteiger partial charge >= 0.3 is 0 Å². The number of carbonyl (C=O) groups excluding carboxylic acids is 1. The Kier molecular flexibility index (Phi) is 3.57. The first kappa shape index (κ1) is 12.5. The smallest absolute Gasteiger partial charge is 0.249 e. The molecule has 2 aromatic rings. The summed E-state index contributed by atoms with van der Waals surface area (Å²) in [6.45, 7) is 0.232. The molecule has 0 radical (unpaired) electrons. The van der Waals surface area contributed by atoms with Crippen LogP contribution in [0.1, 0.15) is 15.2 Å². The van der Waals surface area contributed by atoms with Crippen LogP contribution < -0.4 is 11.1 Å². The molecule has 0 fully saturated rings. The molecule has 1 heterocycles. The molecule has 3 nitrogen and oxygen atoms in total. The van der Waals surface area contributed by atoms with Crippen LogP contribution in [-0.4, -0.2) is 5.91 Å². The molecule has 0 saturated carbocycles. The fourth-order valence-electron chi connectivity index (χ4n) is 1.44. The highest BCUT2D eigenvalue weighted by atomic mass is 32.1. The summed E-state index contributed by atoms with van der Waals surface area (Å²) in [4.78, 5) is 11.7. The SMILES string of the molecule is NC(=O)c1csc(CNc2c(F)cccc2F)c1. The Balaban J connectivity index is 2.09. The van der Waals surface area contributed by atoms with E-state index in [1.165, 1.54) is 29.5 Å². The van der Waals surface area contributed by atoms with E-state index >= 15 is 0 Å². The summed E-state index contributed by atoms with van der Waals surface area (Å²) in [5.74, 6) is -1.82. The zero-order valence-corrected chi connectivity index (χ0v) is 10.1. The van der Waals surface area contributed by atoms with E-state index in [2.05, 4.69) is 5.32 Å². The zero-order valence-electron chi connectivity index (χ0n) is 9.24. The summed E-state index contributed by atoms with van der Waals surface area (Å²) in [5.41, 5.74) is 5.33. The predicted octanol–water partition coefficient (Wildman–Crippen LogP) is 2.74. The molecule has 18 heavy (non-hydrogen) atoms. The first-order valence-corrected chi connectivity index (χ1v) is 6.01. The Morgan fingerprint density at radius 1 is 1.33 bits per heavy atom. The summed E-state index contributed by atoms with van der Waals surface area (Å²) in [6, 6.07) is 5.24. The van der Waals surface area contributed by atoms with Gasteiger partial charge in [-0.25, -0.2) is 8.78 Å². The van der Waals surface area contributed by atoms with Crippen LogP contribution >= 0.6 is 11.3 Å². The van der Waals surface area contributed by atoms with Gasteiger partial charge < -0.3 is 11.1 Å². The van der Waals surface area contributed by atoms with Crippen LogP contribution in [0.2, 0.25) is 0 Å². The first-order chi connectivity index (χ1) is 8.58. The quantitative estimate of drug-likeness (QED) is 0.895. The topological polar surface area (TPSA) is 55.1 Å². The molecular formula is C12H10F2N2OS. The normalized spacial score (nSPS) is 10.3.